The first-order valence-corrected chi connectivity index (χ1v) is 6.83. The molecule has 2 aliphatic rings. The second-order valence-electron chi connectivity index (χ2n) is 5.68. The summed E-state index contributed by atoms with van der Waals surface area (Å²) in [6.07, 6.45) is 7.41. The van der Waals surface area contributed by atoms with E-state index in [0.717, 1.165) is 45.3 Å². The first kappa shape index (κ1) is 12.3. The minimum absolute atomic E-state index is 0.301. The number of piperidine rings is 1. The van der Waals surface area contributed by atoms with Crippen LogP contribution >= 0.6 is 0 Å². The van der Waals surface area contributed by atoms with E-state index in [-0.39, 0.29) is 5.54 Å². The number of nitrogens with zero attached hydrogens (tertiary/aromatic N) is 1. The Morgan fingerprint density at radius 2 is 1.62 bits per heavy atom. The minimum Gasteiger partial charge on any atom is -0.388 e. The summed E-state index contributed by atoms with van der Waals surface area (Å²) >= 11 is 0. The van der Waals surface area contributed by atoms with Gasteiger partial charge in [0.2, 0.25) is 0 Å². The van der Waals surface area contributed by atoms with Crippen LogP contribution in [-0.4, -0.2) is 40.8 Å². The highest BCUT2D eigenvalue weighted by molar-refractivity contribution is 5.06. The van der Waals surface area contributed by atoms with Crippen molar-refractivity contribution in [2.24, 2.45) is 5.73 Å². The highest BCUT2D eigenvalue weighted by Gasteiger charge is 2.48. The molecule has 2 fully saturated rings. The molecule has 0 bridgehead atoms. The molecule has 1 heterocycles. The molecule has 0 radical (unpaired) electrons. The van der Waals surface area contributed by atoms with Gasteiger partial charge in [-0.05, 0) is 32.2 Å². The SMILES string of the molecule is CCN1CCC(O)(C2(N)CCCCC2)CC1. The van der Waals surface area contributed by atoms with Gasteiger partial charge in [0.15, 0.2) is 0 Å². The molecule has 1 aliphatic heterocycles. The highest BCUT2D eigenvalue weighted by atomic mass is 16.3. The number of rotatable bonds is 2. The third-order valence-corrected chi connectivity index (χ3v) is 4.80. The number of nitrogens with two attached hydrogens (primary N) is 1. The quantitative estimate of drug-likeness (QED) is 0.750. The number of likely N-dealkylation sites (tertiary alicyclic amines) is 1. The normalized spacial score (nSPS) is 30.2. The van der Waals surface area contributed by atoms with Gasteiger partial charge in [0.05, 0.1) is 5.60 Å². The van der Waals surface area contributed by atoms with Gasteiger partial charge in [0, 0.05) is 18.6 Å². The summed E-state index contributed by atoms with van der Waals surface area (Å²) in [6, 6.07) is 0. The Labute approximate surface area is 99.0 Å². The third kappa shape index (κ3) is 2.13. The Kier molecular flexibility index (Phi) is 3.57. The van der Waals surface area contributed by atoms with Crippen LogP contribution in [0.5, 0.6) is 0 Å². The van der Waals surface area contributed by atoms with Crippen molar-refractivity contribution in [2.45, 2.75) is 63.0 Å². The fourth-order valence-corrected chi connectivity index (χ4v) is 3.39. The molecule has 94 valence electrons. The smallest absolute Gasteiger partial charge is 0.0850 e. The Hall–Kier alpha value is -0.120. The summed E-state index contributed by atoms with van der Waals surface area (Å²) in [5, 5.41) is 10.8. The molecule has 16 heavy (non-hydrogen) atoms. The van der Waals surface area contributed by atoms with E-state index in [2.05, 4.69) is 11.8 Å². The van der Waals surface area contributed by atoms with Crippen LogP contribution in [0.1, 0.15) is 51.9 Å². The molecule has 0 aromatic carbocycles. The van der Waals surface area contributed by atoms with E-state index in [0.29, 0.717) is 0 Å². The van der Waals surface area contributed by atoms with Crippen molar-refractivity contribution in [2.75, 3.05) is 19.6 Å². The summed E-state index contributed by atoms with van der Waals surface area (Å²) < 4.78 is 0. The van der Waals surface area contributed by atoms with E-state index in [1.165, 1.54) is 19.3 Å². The van der Waals surface area contributed by atoms with Crippen molar-refractivity contribution in [1.29, 1.82) is 0 Å². The van der Waals surface area contributed by atoms with Gasteiger partial charge in [-0.25, -0.2) is 0 Å². The molecule has 3 heteroatoms. The summed E-state index contributed by atoms with van der Waals surface area (Å²) in [5.74, 6) is 0. The molecule has 2 rings (SSSR count). The van der Waals surface area contributed by atoms with Gasteiger partial charge in [-0.2, -0.15) is 0 Å². The zero-order valence-electron chi connectivity index (χ0n) is 10.5. The number of aliphatic hydroxyl groups is 1. The number of hydrogen-bond donors (Lipinski definition) is 2. The van der Waals surface area contributed by atoms with Gasteiger partial charge in [-0.15, -0.1) is 0 Å². The van der Waals surface area contributed by atoms with Crippen molar-refractivity contribution < 1.29 is 5.11 Å². The Morgan fingerprint density at radius 1 is 1.06 bits per heavy atom. The van der Waals surface area contributed by atoms with E-state index in [1.54, 1.807) is 0 Å². The van der Waals surface area contributed by atoms with Gasteiger partial charge in [-0.1, -0.05) is 26.2 Å². The third-order valence-electron chi connectivity index (χ3n) is 4.80. The van der Waals surface area contributed by atoms with Crippen molar-refractivity contribution in [3.05, 3.63) is 0 Å². The average Bonchev–Trinajstić information content (AvgIpc) is 2.31. The largest absolute Gasteiger partial charge is 0.388 e. The van der Waals surface area contributed by atoms with Crippen LogP contribution in [0.25, 0.3) is 0 Å². The molecule has 3 N–H and O–H groups in total. The fourth-order valence-electron chi connectivity index (χ4n) is 3.39. The maximum absolute atomic E-state index is 10.8. The molecule has 1 saturated carbocycles. The molecular weight excluding hydrogens is 200 g/mol. The second kappa shape index (κ2) is 4.63. The van der Waals surface area contributed by atoms with E-state index in [1.807, 2.05) is 0 Å². The van der Waals surface area contributed by atoms with Gasteiger partial charge in [0.25, 0.3) is 0 Å². The molecule has 3 nitrogen and oxygen atoms in total. The molecule has 1 saturated heterocycles. The van der Waals surface area contributed by atoms with E-state index in [9.17, 15) is 5.11 Å². The Bertz CT molecular complexity index is 228. The van der Waals surface area contributed by atoms with Gasteiger partial charge >= 0.3 is 0 Å². The molecule has 0 atom stereocenters. The van der Waals surface area contributed by atoms with Gasteiger partial charge in [-0.3, -0.25) is 0 Å². The fraction of sp³-hybridized carbons (Fsp3) is 1.00. The van der Waals surface area contributed by atoms with Crippen LogP contribution in [0.2, 0.25) is 0 Å². The lowest BCUT2D eigenvalue weighted by Gasteiger charge is -2.50. The second-order valence-corrected chi connectivity index (χ2v) is 5.68. The summed E-state index contributed by atoms with van der Waals surface area (Å²) in [6.45, 7) is 5.29. The first-order valence-electron chi connectivity index (χ1n) is 6.83. The summed E-state index contributed by atoms with van der Waals surface area (Å²) in [7, 11) is 0. The lowest BCUT2D eigenvalue weighted by atomic mass is 9.66. The molecule has 0 aromatic rings. The lowest BCUT2D eigenvalue weighted by Crippen LogP contribution is -2.64. The highest BCUT2D eigenvalue weighted by Crippen LogP contribution is 2.40. The summed E-state index contributed by atoms with van der Waals surface area (Å²) in [4.78, 5) is 2.40. The van der Waals surface area contributed by atoms with Crippen LogP contribution < -0.4 is 5.73 Å². The topological polar surface area (TPSA) is 49.5 Å². The van der Waals surface area contributed by atoms with Crippen molar-refractivity contribution >= 4 is 0 Å². The average molecular weight is 226 g/mol. The van der Waals surface area contributed by atoms with E-state index < -0.39 is 5.60 Å². The van der Waals surface area contributed by atoms with Crippen LogP contribution in [0.3, 0.4) is 0 Å². The monoisotopic (exact) mass is 226 g/mol. The zero-order chi connectivity index (χ0) is 11.6. The van der Waals surface area contributed by atoms with Gasteiger partial charge in [0.1, 0.15) is 0 Å². The first-order chi connectivity index (χ1) is 7.60. The molecule has 0 aromatic heterocycles. The van der Waals surface area contributed by atoms with E-state index in [4.69, 9.17) is 5.73 Å². The maximum atomic E-state index is 10.8. The minimum atomic E-state index is -0.598. The Balaban J connectivity index is 2.01. The molecule has 1 aliphatic carbocycles. The van der Waals surface area contributed by atoms with Crippen LogP contribution in [-0.2, 0) is 0 Å². The van der Waals surface area contributed by atoms with Gasteiger partial charge < -0.3 is 15.7 Å². The Morgan fingerprint density at radius 3 is 2.12 bits per heavy atom. The predicted molar refractivity (Wildman–Crippen MR) is 66.3 cm³/mol. The zero-order valence-corrected chi connectivity index (χ0v) is 10.5. The lowest BCUT2D eigenvalue weighted by molar-refractivity contribution is -0.0912. The van der Waals surface area contributed by atoms with Crippen LogP contribution in [0, 0.1) is 0 Å². The molecule has 0 spiro atoms. The van der Waals surface area contributed by atoms with Crippen molar-refractivity contribution in [1.82, 2.24) is 4.90 Å². The summed E-state index contributed by atoms with van der Waals surface area (Å²) in [5.41, 5.74) is 5.59. The van der Waals surface area contributed by atoms with Crippen molar-refractivity contribution in [3.63, 3.8) is 0 Å². The molecule has 0 unspecified atom stereocenters. The maximum Gasteiger partial charge on any atom is 0.0850 e. The van der Waals surface area contributed by atoms with Crippen LogP contribution in [0.4, 0.5) is 0 Å². The predicted octanol–water partition coefficient (Wildman–Crippen LogP) is 1.49. The number of hydrogen-bond acceptors (Lipinski definition) is 3. The standard InChI is InChI=1S/C13H26N2O/c1-2-15-10-8-13(16,9-11-15)12(14)6-4-3-5-7-12/h16H,2-11,14H2,1H3. The van der Waals surface area contributed by atoms with Crippen LogP contribution in [0.15, 0.2) is 0 Å². The van der Waals surface area contributed by atoms with Crippen molar-refractivity contribution in [3.8, 4) is 0 Å². The molecule has 0 amide bonds. The van der Waals surface area contributed by atoms with E-state index >= 15 is 0 Å². The molecular formula is C13H26N2O.